The minimum Gasteiger partial charge on any atom is -0.321 e. The van der Waals surface area contributed by atoms with Crippen LogP contribution in [0.1, 0.15) is 20.7 Å². The van der Waals surface area contributed by atoms with Crippen LogP contribution < -0.4 is 16.2 Å². The van der Waals surface area contributed by atoms with E-state index in [-0.39, 0.29) is 17.8 Å². The van der Waals surface area contributed by atoms with Gasteiger partial charge in [-0.25, -0.2) is 0 Å². The SMILES string of the molecule is CN(C)CC(=O)NNC(=O)C(=O)c1ccccc1NC(=O)c1ccccc1. The van der Waals surface area contributed by atoms with Crippen LogP contribution in [0.15, 0.2) is 54.6 Å². The summed E-state index contributed by atoms with van der Waals surface area (Å²) in [6.45, 7) is 0.0538. The summed E-state index contributed by atoms with van der Waals surface area (Å²) in [4.78, 5) is 49.9. The van der Waals surface area contributed by atoms with Crippen LogP contribution in [0.2, 0.25) is 0 Å². The number of benzene rings is 2. The maximum atomic E-state index is 12.4. The van der Waals surface area contributed by atoms with E-state index in [9.17, 15) is 19.2 Å². The molecule has 0 aromatic heterocycles. The normalized spacial score (nSPS) is 10.2. The van der Waals surface area contributed by atoms with Gasteiger partial charge >= 0.3 is 5.91 Å². The summed E-state index contributed by atoms with van der Waals surface area (Å²) in [5.74, 6) is -2.77. The van der Waals surface area contributed by atoms with Crippen LogP contribution in [-0.2, 0) is 9.59 Å². The van der Waals surface area contributed by atoms with Gasteiger partial charge in [0.25, 0.3) is 17.6 Å². The summed E-state index contributed by atoms with van der Waals surface area (Å²) in [7, 11) is 3.39. The van der Waals surface area contributed by atoms with Crippen molar-refractivity contribution in [1.29, 1.82) is 0 Å². The number of Topliss-reactive ketones (excluding diaryl/α,β-unsaturated/α-hetero) is 1. The average molecular weight is 368 g/mol. The van der Waals surface area contributed by atoms with E-state index in [1.165, 1.54) is 12.1 Å². The number of carbonyl (C=O) groups is 4. The van der Waals surface area contributed by atoms with Crippen molar-refractivity contribution in [2.45, 2.75) is 0 Å². The molecule has 0 bridgehead atoms. The quantitative estimate of drug-likeness (QED) is 0.398. The number of likely N-dealkylation sites (N-methyl/N-ethyl adjacent to an activating group) is 1. The fourth-order valence-corrected chi connectivity index (χ4v) is 2.21. The molecule has 0 unspecified atom stereocenters. The molecule has 0 aliphatic carbocycles. The Hall–Kier alpha value is -3.52. The van der Waals surface area contributed by atoms with Crippen molar-refractivity contribution >= 4 is 29.2 Å². The largest absolute Gasteiger partial charge is 0.321 e. The smallest absolute Gasteiger partial charge is 0.310 e. The second-order valence-corrected chi connectivity index (χ2v) is 5.93. The highest BCUT2D eigenvalue weighted by atomic mass is 16.2. The molecule has 0 aliphatic heterocycles. The number of para-hydroxylation sites is 1. The van der Waals surface area contributed by atoms with E-state index in [1.807, 2.05) is 0 Å². The number of rotatable bonds is 6. The van der Waals surface area contributed by atoms with Crippen LogP contribution in [0.5, 0.6) is 0 Å². The first-order valence-corrected chi connectivity index (χ1v) is 8.12. The molecule has 0 saturated carbocycles. The number of ketones is 1. The zero-order valence-electron chi connectivity index (χ0n) is 15.0. The van der Waals surface area contributed by atoms with E-state index in [0.29, 0.717) is 5.56 Å². The molecule has 27 heavy (non-hydrogen) atoms. The van der Waals surface area contributed by atoms with Crippen LogP contribution in [0.25, 0.3) is 0 Å². The Labute approximate surface area is 156 Å². The van der Waals surface area contributed by atoms with Gasteiger partial charge in [-0.1, -0.05) is 30.3 Å². The lowest BCUT2D eigenvalue weighted by Crippen LogP contribution is -2.47. The Kier molecular flexibility index (Phi) is 6.79. The first kappa shape index (κ1) is 19.8. The zero-order valence-corrected chi connectivity index (χ0v) is 15.0. The molecule has 0 radical (unpaired) electrons. The fourth-order valence-electron chi connectivity index (χ4n) is 2.21. The molecule has 0 fully saturated rings. The van der Waals surface area contributed by atoms with Crippen LogP contribution in [0.3, 0.4) is 0 Å². The number of amides is 3. The second kappa shape index (κ2) is 9.25. The third kappa shape index (κ3) is 5.75. The summed E-state index contributed by atoms with van der Waals surface area (Å²) in [6.07, 6.45) is 0. The molecule has 8 heteroatoms. The molecule has 140 valence electrons. The van der Waals surface area contributed by atoms with Crippen LogP contribution >= 0.6 is 0 Å². The van der Waals surface area contributed by atoms with Gasteiger partial charge in [-0.2, -0.15) is 0 Å². The number of nitrogens with one attached hydrogen (secondary N) is 3. The fraction of sp³-hybridized carbons (Fsp3) is 0.158. The van der Waals surface area contributed by atoms with Crippen molar-refractivity contribution in [3.8, 4) is 0 Å². The molecule has 2 aromatic rings. The molecular weight excluding hydrogens is 348 g/mol. The number of hydrogen-bond acceptors (Lipinski definition) is 5. The summed E-state index contributed by atoms with van der Waals surface area (Å²) in [5.41, 5.74) is 4.86. The van der Waals surface area contributed by atoms with Gasteiger partial charge in [-0.05, 0) is 38.4 Å². The molecule has 2 rings (SSSR count). The van der Waals surface area contributed by atoms with Gasteiger partial charge in [0, 0.05) is 5.56 Å². The molecule has 0 saturated heterocycles. The van der Waals surface area contributed by atoms with Crippen molar-refractivity contribution in [2.75, 3.05) is 26.0 Å². The lowest BCUT2D eigenvalue weighted by Gasteiger charge is -2.12. The van der Waals surface area contributed by atoms with E-state index < -0.39 is 23.5 Å². The summed E-state index contributed by atoms with van der Waals surface area (Å²) in [6, 6.07) is 14.6. The predicted octanol–water partition coefficient (Wildman–Crippen LogP) is 0.831. The third-order valence-electron chi connectivity index (χ3n) is 3.44. The van der Waals surface area contributed by atoms with Gasteiger partial charge in [-0.15, -0.1) is 0 Å². The van der Waals surface area contributed by atoms with Crippen molar-refractivity contribution in [2.24, 2.45) is 0 Å². The topological polar surface area (TPSA) is 108 Å². The Bertz CT molecular complexity index is 850. The monoisotopic (exact) mass is 368 g/mol. The summed E-state index contributed by atoms with van der Waals surface area (Å²) in [5, 5.41) is 2.62. The van der Waals surface area contributed by atoms with E-state index in [0.717, 1.165) is 0 Å². The van der Waals surface area contributed by atoms with Crippen LogP contribution in [0.4, 0.5) is 5.69 Å². The standard InChI is InChI=1S/C19H20N4O4/c1-23(2)12-16(24)21-22-19(27)17(25)14-10-6-7-11-15(14)20-18(26)13-8-4-3-5-9-13/h3-11H,12H2,1-2H3,(H,20,26)(H,21,24)(H,22,27). The van der Waals surface area contributed by atoms with Gasteiger partial charge in [0.05, 0.1) is 17.8 Å². The number of hydrazine groups is 1. The predicted molar refractivity (Wildman–Crippen MR) is 100 cm³/mol. The first-order valence-electron chi connectivity index (χ1n) is 8.12. The second-order valence-electron chi connectivity index (χ2n) is 5.93. The Morgan fingerprint density at radius 2 is 1.48 bits per heavy atom. The molecule has 0 heterocycles. The molecule has 0 spiro atoms. The van der Waals surface area contributed by atoms with Crippen molar-refractivity contribution in [3.05, 3.63) is 65.7 Å². The lowest BCUT2D eigenvalue weighted by molar-refractivity contribution is -0.127. The zero-order chi connectivity index (χ0) is 19.8. The Morgan fingerprint density at radius 1 is 0.852 bits per heavy atom. The highest BCUT2D eigenvalue weighted by Gasteiger charge is 2.21. The van der Waals surface area contributed by atoms with E-state index >= 15 is 0 Å². The van der Waals surface area contributed by atoms with Crippen LogP contribution in [0, 0.1) is 0 Å². The van der Waals surface area contributed by atoms with Gasteiger partial charge in [-0.3, -0.25) is 30.0 Å². The Balaban J connectivity index is 2.07. The lowest BCUT2D eigenvalue weighted by atomic mass is 10.1. The Morgan fingerprint density at radius 3 is 2.15 bits per heavy atom. The molecule has 3 N–H and O–H groups in total. The minimum absolute atomic E-state index is 0.0149. The van der Waals surface area contributed by atoms with Crippen molar-refractivity contribution in [1.82, 2.24) is 15.8 Å². The maximum absolute atomic E-state index is 12.4. The van der Waals surface area contributed by atoms with E-state index in [2.05, 4.69) is 16.2 Å². The van der Waals surface area contributed by atoms with E-state index in [4.69, 9.17) is 0 Å². The number of nitrogens with zero attached hydrogens (tertiary/aromatic N) is 1. The molecular formula is C19H20N4O4. The van der Waals surface area contributed by atoms with Crippen LogP contribution in [-0.4, -0.2) is 49.0 Å². The summed E-state index contributed by atoms with van der Waals surface area (Å²) < 4.78 is 0. The number of anilines is 1. The average Bonchev–Trinajstić information content (AvgIpc) is 2.66. The molecule has 0 aliphatic rings. The molecule has 8 nitrogen and oxygen atoms in total. The number of carbonyl (C=O) groups excluding carboxylic acids is 4. The minimum atomic E-state index is -1.01. The van der Waals surface area contributed by atoms with Crippen molar-refractivity contribution in [3.63, 3.8) is 0 Å². The highest BCUT2D eigenvalue weighted by Crippen LogP contribution is 2.17. The maximum Gasteiger partial charge on any atom is 0.310 e. The van der Waals surface area contributed by atoms with Gasteiger partial charge in [0.15, 0.2) is 0 Å². The van der Waals surface area contributed by atoms with Crippen molar-refractivity contribution < 1.29 is 19.2 Å². The van der Waals surface area contributed by atoms with Gasteiger partial charge in [0.1, 0.15) is 0 Å². The van der Waals surface area contributed by atoms with E-state index in [1.54, 1.807) is 61.5 Å². The molecule has 2 aromatic carbocycles. The number of hydrogen-bond donors (Lipinski definition) is 3. The summed E-state index contributed by atoms with van der Waals surface area (Å²) >= 11 is 0. The van der Waals surface area contributed by atoms with Gasteiger partial charge < -0.3 is 10.2 Å². The first-order chi connectivity index (χ1) is 12.9. The molecule has 0 atom stereocenters. The highest BCUT2D eigenvalue weighted by molar-refractivity contribution is 6.44. The van der Waals surface area contributed by atoms with Gasteiger partial charge in [0.2, 0.25) is 0 Å². The molecule has 3 amide bonds. The third-order valence-corrected chi connectivity index (χ3v) is 3.44.